The highest BCUT2D eigenvalue weighted by atomic mass is 35.5. The van der Waals surface area contributed by atoms with Gasteiger partial charge in [-0.25, -0.2) is 0 Å². The maximum atomic E-state index is 14.9. The van der Waals surface area contributed by atoms with Gasteiger partial charge in [0.05, 0.1) is 34.9 Å². The molecule has 1 saturated carbocycles. The van der Waals surface area contributed by atoms with Crippen LogP contribution in [0.1, 0.15) is 81.6 Å². The third kappa shape index (κ3) is 6.64. The number of likely N-dealkylation sites (tertiary alicyclic amines) is 2. The highest BCUT2D eigenvalue weighted by Gasteiger charge is 2.58. The summed E-state index contributed by atoms with van der Waals surface area (Å²) in [7, 11) is 1.90. The van der Waals surface area contributed by atoms with E-state index in [1.807, 2.05) is 42.8 Å². The van der Waals surface area contributed by atoms with E-state index in [1.165, 1.54) is 0 Å². The number of benzene rings is 2. The molecule has 3 atom stereocenters. The van der Waals surface area contributed by atoms with Crippen molar-refractivity contribution in [3.63, 3.8) is 0 Å². The van der Waals surface area contributed by atoms with Gasteiger partial charge in [-0.1, -0.05) is 41.4 Å². The molecule has 3 fully saturated rings. The van der Waals surface area contributed by atoms with Crippen LogP contribution in [-0.4, -0.2) is 75.8 Å². The van der Waals surface area contributed by atoms with Crippen molar-refractivity contribution in [2.24, 2.45) is 13.0 Å². The van der Waals surface area contributed by atoms with Crippen molar-refractivity contribution in [1.29, 1.82) is 0 Å². The fraction of sp³-hybridized carbons (Fsp3) is 0.541. The molecule has 0 spiro atoms. The van der Waals surface area contributed by atoms with Crippen molar-refractivity contribution in [3.05, 3.63) is 63.8 Å². The quantitative estimate of drug-likeness (QED) is 0.212. The fourth-order valence-corrected chi connectivity index (χ4v) is 8.51. The average Bonchev–Trinajstić information content (AvgIpc) is 3.72. The summed E-state index contributed by atoms with van der Waals surface area (Å²) >= 11 is 13.6. The first kappa shape index (κ1) is 34.9. The Morgan fingerprint density at radius 1 is 0.979 bits per heavy atom. The number of amides is 1. The number of nitrogens with zero attached hydrogens (tertiary/aromatic N) is 3. The zero-order valence-corrected chi connectivity index (χ0v) is 29.8. The Bertz CT molecular complexity index is 1670. The lowest BCUT2D eigenvalue weighted by molar-refractivity contribution is -0.291. The van der Waals surface area contributed by atoms with E-state index in [-0.39, 0.29) is 48.2 Å². The van der Waals surface area contributed by atoms with Crippen LogP contribution in [0.4, 0.5) is 5.69 Å². The van der Waals surface area contributed by atoms with Crippen molar-refractivity contribution in [2.75, 3.05) is 25.0 Å². The third-order valence-electron chi connectivity index (χ3n) is 10.4. The second-order valence-electron chi connectivity index (χ2n) is 13.6. The number of rotatable bonds is 11. The molecule has 1 N–H and O–H groups in total. The van der Waals surface area contributed by atoms with Crippen LogP contribution in [0, 0.1) is 5.92 Å². The Kier molecular flexibility index (Phi) is 10.5. The molecule has 11 heteroatoms. The van der Waals surface area contributed by atoms with Crippen LogP contribution in [-0.2, 0) is 32.5 Å². The minimum absolute atomic E-state index is 0.0146. The van der Waals surface area contributed by atoms with E-state index < -0.39 is 5.85 Å². The minimum Gasteiger partial charge on any atom is -0.466 e. The number of fused-ring (bicyclic) bond motifs is 1. The highest BCUT2D eigenvalue weighted by Crippen LogP contribution is 2.43. The molecule has 1 amide bonds. The molecule has 258 valence electrons. The number of esters is 1. The molecule has 3 heterocycles. The van der Waals surface area contributed by atoms with Gasteiger partial charge in [-0.15, -0.1) is 0 Å². The van der Waals surface area contributed by atoms with Gasteiger partial charge in [-0.05, 0) is 89.5 Å². The lowest BCUT2D eigenvalue weighted by Gasteiger charge is -2.59. The molecule has 9 nitrogen and oxygen atoms in total. The van der Waals surface area contributed by atoms with Gasteiger partial charge in [0.15, 0.2) is 5.78 Å². The molecule has 1 aromatic heterocycles. The van der Waals surface area contributed by atoms with Gasteiger partial charge in [-0.2, -0.15) is 0 Å². The van der Waals surface area contributed by atoms with E-state index in [0.29, 0.717) is 59.1 Å². The summed E-state index contributed by atoms with van der Waals surface area (Å²) in [5.41, 5.74) is 2.43. The van der Waals surface area contributed by atoms with E-state index in [2.05, 4.69) is 29.0 Å². The zero-order valence-electron chi connectivity index (χ0n) is 28.3. The van der Waals surface area contributed by atoms with Gasteiger partial charge in [0.2, 0.25) is 5.85 Å². The maximum absolute atomic E-state index is 14.9. The number of Topliss-reactive ketones (excluding diaryl/α,β-unsaturated/α-hetero) is 1. The van der Waals surface area contributed by atoms with E-state index in [9.17, 15) is 14.4 Å². The molecule has 1 unspecified atom stereocenters. The molecule has 0 bridgehead atoms. The van der Waals surface area contributed by atoms with E-state index in [1.54, 1.807) is 18.3 Å². The Labute approximate surface area is 292 Å². The van der Waals surface area contributed by atoms with Crippen molar-refractivity contribution in [3.8, 4) is 0 Å². The molecular formula is C37H46Cl2N4O5. The van der Waals surface area contributed by atoms with E-state index >= 15 is 0 Å². The standard InChI is InChI=1S/C37H46Cl2N4O5/c1-5-47-36(46)25-12-14-27(15-13-25)48-37(42-16-8-9-17-42,43-23(2)18-24(43)3)34(44)20-26-19-31(39)32(21-30(26)38)40-35(45)29-22-41(4)33-11-7-6-10-28(29)33/h6-7,10-11,19,21-25,27H,5,8-9,12-18,20H2,1-4H3,(H,40,45)/t23-,24-,25?,27?,37?/m0/s1. The van der Waals surface area contributed by atoms with Gasteiger partial charge < -0.3 is 19.4 Å². The summed E-state index contributed by atoms with van der Waals surface area (Å²) in [6.45, 7) is 8.01. The van der Waals surface area contributed by atoms with Gasteiger partial charge >= 0.3 is 5.97 Å². The van der Waals surface area contributed by atoms with Gasteiger partial charge in [-0.3, -0.25) is 24.2 Å². The van der Waals surface area contributed by atoms with Crippen LogP contribution in [0.3, 0.4) is 0 Å². The number of carbonyl (C=O) groups is 3. The molecule has 2 aliphatic heterocycles. The van der Waals surface area contributed by atoms with Gasteiger partial charge in [0.25, 0.3) is 5.91 Å². The number of ketones is 1. The normalized spacial score (nSPS) is 24.6. The summed E-state index contributed by atoms with van der Waals surface area (Å²) in [6.07, 6.45) is 7.29. The Balaban J connectivity index is 1.26. The number of halogens is 2. The smallest absolute Gasteiger partial charge is 0.308 e. The predicted molar refractivity (Wildman–Crippen MR) is 188 cm³/mol. The summed E-state index contributed by atoms with van der Waals surface area (Å²) in [4.78, 5) is 45.1. The number of aryl methyl sites for hydroxylation is 1. The largest absolute Gasteiger partial charge is 0.466 e. The maximum Gasteiger partial charge on any atom is 0.308 e. The summed E-state index contributed by atoms with van der Waals surface area (Å²) < 4.78 is 14.3. The highest BCUT2D eigenvalue weighted by molar-refractivity contribution is 6.36. The SMILES string of the molecule is CCOC(=O)C1CCC(OC(C(=O)Cc2cc(Cl)c(NC(=O)c3cn(C)c4ccccc34)cc2Cl)(N2CCCC2)N2[C@@H](C)C[C@@H]2C)CC1. The second-order valence-corrected chi connectivity index (χ2v) is 14.4. The number of nitrogens with one attached hydrogen (secondary N) is 1. The Hall–Kier alpha value is -2.95. The average molecular weight is 698 g/mol. The van der Waals surface area contributed by atoms with Crippen molar-refractivity contribution in [2.45, 2.75) is 96.2 Å². The predicted octanol–water partition coefficient (Wildman–Crippen LogP) is 7.22. The summed E-state index contributed by atoms with van der Waals surface area (Å²) in [5.74, 6) is -1.92. The van der Waals surface area contributed by atoms with Crippen molar-refractivity contribution < 1.29 is 23.9 Å². The van der Waals surface area contributed by atoms with Gasteiger partial charge in [0.1, 0.15) is 0 Å². The molecule has 3 aromatic rings. The number of aromatic nitrogens is 1. The van der Waals surface area contributed by atoms with Crippen LogP contribution in [0.25, 0.3) is 10.9 Å². The number of anilines is 1. The van der Waals surface area contributed by atoms with Gasteiger partial charge in [0, 0.05) is 60.8 Å². The lowest BCUT2D eigenvalue weighted by Crippen LogP contribution is -2.75. The lowest BCUT2D eigenvalue weighted by atomic mass is 9.86. The van der Waals surface area contributed by atoms with E-state index in [4.69, 9.17) is 32.7 Å². The Morgan fingerprint density at radius 3 is 2.33 bits per heavy atom. The van der Waals surface area contributed by atoms with E-state index in [0.717, 1.165) is 43.3 Å². The van der Waals surface area contributed by atoms with Crippen LogP contribution in [0.15, 0.2) is 42.6 Å². The summed E-state index contributed by atoms with van der Waals surface area (Å²) in [6, 6.07) is 11.3. The second kappa shape index (κ2) is 14.5. The number of carbonyl (C=O) groups excluding carboxylic acids is 3. The van der Waals surface area contributed by atoms with Crippen LogP contribution in [0.2, 0.25) is 10.0 Å². The number of hydrogen-bond donors (Lipinski definition) is 1. The number of hydrogen-bond acceptors (Lipinski definition) is 7. The van der Waals surface area contributed by atoms with Crippen LogP contribution < -0.4 is 5.32 Å². The monoisotopic (exact) mass is 696 g/mol. The first-order valence-corrected chi connectivity index (χ1v) is 18.0. The van der Waals surface area contributed by atoms with Crippen molar-refractivity contribution >= 4 is 57.5 Å². The molecule has 2 saturated heterocycles. The zero-order chi connectivity index (χ0) is 34.2. The summed E-state index contributed by atoms with van der Waals surface area (Å²) in [5, 5.41) is 4.40. The molecule has 3 aliphatic rings. The molecule has 6 rings (SSSR count). The van der Waals surface area contributed by atoms with Crippen LogP contribution >= 0.6 is 23.2 Å². The Morgan fingerprint density at radius 2 is 1.67 bits per heavy atom. The fourth-order valence-electron chi connectivity index (χ4n) is 8.05. The molecule has 0 radical (unpaired) electrons. The molecular weight excluding hydrogens is 651 g/mol. The first-order valence-electron chi connectivity index (χ1n) is 17.3. The molecule has 2 aromatic carbocycles. The minimum atomic E-state index is -1.26. The topological polar surface area (TPSA) is 93.1 Å². The number of para-hydroxylation sites is 1. The molecule has 48 heavy (non-hydrogen) atoms. The first-order chi connectivity index (χ1) is 23.0. The van der Waals surface area contributed by atoms with Crippen LogP contribution in [0.5, 0.6) is 0 Å². The molecule has 1 aliphatic carbocycles. The number of ether oxygens (including phenoxy) is 2. The third-order valence-corrected chi connectivity index (χ3v) is 11.0. The van der Waals surface area contributed by atoms with Crippen molar-refractivity contribution in [1.82, 2.24) is 14.4 Å².